The Kier molecular flexibility index (Phi) is 5.69. The Morgan fingerprint density at radius 1 is 1.10 bits per heavy atom. The van der Waals surface area contributed by atoms with Crippen LogP contribution in [0.2, 0.25) is 0 Å². The quantitative estimate of drug-likeness (QED) is 0.373. The lowest BCUT2D eigenvalue weighted by Gasteiger charge is -2.39. The van der Waals surface area contributed by atoms with Crippen molar-refractivity contribution < 1.29 is 18.1 Å². The molecule has 0 atom stereocenters. The van der Waals surface area contributed by atoms with Gasteiger partial charge in [-0.3, -0.25) is 9.59 Å². The second-order valence-electron chi connectivity index (χ2n) is 10.6. The number of amides is 1. The van der Waals surface area contributed by atoms with Gasteiger partial charge in [-0.15, -0.1) is 0 Å². The smallest absolute Gasteiger partial charge is 0.274 e. The second kappa shape index (κ2) is 8.77. The first-order valence-corrected chi connectivity index (χ1v) is 15.2. The van der Waals surface area contributed by atoms with Gasteiger partial charge in [-0.1, -0.05) is 0 Å². The fourth-order valence-corrected chi connectivity index (χ4v) is 6.75. The number of aromatic amines is 1. The Labute approximate surface area is 223 Å². The lowest BCUT2D eigenvalue weighted by atomic mass is 9.98. The molecule has 0 bridgehead atoms. The second-order valence-corrected chi connectivity index (χ2v) is 14.0. The van der Waals surface area contributed by atoms with Crippen molar-refractivity contribution in [1.29, 1.82) is 0 Å². The van der Waals surface area contributed by atoms with Crippen LogP contribution < -0.4 is 20.3 Å². The zero-order chi connectivity index (χ0) is 27.8. The molecule has 0 radical (unpaired) electrons. The van der Waals surface area contributed by atoms with Crippen molar-refractivity contribution in [2.75, 3.05) is 47.4 Å². The summed E-state index contributed by atoms with van der Waals surface area (Å²) < 4.78 is 43.4. The molecule has 1 amide bonds. The highest BCUT2D eigenvalue weighted by Crippen LogP contribution is 2.50. The molecule has 4 aromatic rings. The normalized spacial score (nSPS) is 14.9. The monoisotopic (exact) mass is 552 g/mol. The maximum Gasteiger partial charge on any atom is 0.274 e. The van der Waals surface area contributed by atoms with Crippen LogP contribution in [0.5, 0.6) is 0 Å². The topological polar surface area (TPSA) is 94.5 Å². The molecular formula is C27H27F2N6O3P. The highest BCUT2D eigenvalue weighted by molar-refractivity contribution is 7.62. The van der Waals surface area contributed by atoms with Crippen LogP contribution >= 0.6 is 7.14 Å². The Hall–Kier alpha value is -3.98. The third kappa shape index (κ3) is 4.12. The zero-order valence-electron chi connectivity index (χ0n) is 22.0. The Bertz CT molecular complexity index is 1790. The number of carbonyl (C=O) groups excluding carboxylic acids is 1. The summed E-state index contributed by atoms with van der Waals surface area (Å²) >= 11 is 0. The van der Waals surface area contributed by atoms with Crippen molar-refractivity contribution in [3.63, 3.8) is 0 Å². The van der Waals surface area contributed by atoms with Crippen molar-refractivity contribution in [3.05, 3.63) is 64.3 Å². The average Bonchev–Trinajstić information content (AvgIpc) is 3.22. The number of rotatable bonds is 3. The molecule has 0 saturated heterocycles. The van der Waals surface area contributed by atoms with Crippen LogP contribution in [0.25, 0.3) is 22.0 Å². The molecule has 0 spiro atoms. The number of pyridine rings is 2. The molecule has 3 aromatic heterocycles. The lowest BCUT2D eigenvalue weighted by Crippen LogP contribution is -2.43. The van der Waals surface area contributed by atoms with E-state index in [1.54, 1.807) is 42.6 Å². The molecule has 1 N–H and O–H groups in total. The van der Waals surface area contributed by atoms with Gasteiger partial charge in [0.2, 0.25) is 5.91 Å². The highest BCUT2D eigenvalue weighted by atomic mass is 31.2. The van der Waals surface area contributed by atoms with Crippen molar-refractivity contribution in [3.8, 4) is 11.1 Å². The van der Waals surface area contributed by atoms with E-state index in [0.717, 1.165) is 23.4 Å². The van der Waals surface area contributed by atoms with Gasteiger partial charge >= 0.3 is 0 Å². The van der Waals surface area contributed by atoms with Crippen LogP contribution in [0.1, 0.15) is 12.5 Å². The SMILES string of the molecule is CC(=O)N1CCN(CP(C)(C)=O)c2cc3c(cc21)N(c1ncc(F)cc1F)Cc1c[nH]c2c(=O)n(C)cc-3c12. The van der Waals surface area contributed by atoms with E-state index in [-0.39, 0.29) is 23.8 Å². The van der Waals surface area contributed by atoms with Crippen LogP contribution in [-0.2, 0) is 23.0 Å². The van der Waals surface area contributed by atoms with E-state index in [2.05, 4.69) is 9.97 Å². The summed E-state index contributed by atoms with van der Waals surface area (Å²) in [6.45, 7) is 5.96. The number of nitrogens with one attached hydrogen (secondary N) is 1. The minimum atomic E-state index is -2.48. The molecule has 2 aliphatic heterocycles. The number of hydrogen-bond acceptors (Lipinski definition) is 6. The van der Waals surface area contributed by atoms with E-state index in [1.807, 2.05) is 17.0 Å². The van der Waals surface area contributed by atoms with Gasteiger partial charge in [0.25, 0.3) is 5.56 Å². The van der Waals surface area contributed by atoms with Crippen molar-refractivity contribution in [2.45, 2.75) is 13.5 Å². The first-order chi connectivity index (χ1) is 18.4. The number of nitrogens with zero attached hydrogens (tertiary/aromatic N) is 5. The number of aryl methyl sites for hydroxylation is 1. The van der Waals surface area contributed by atoms with Crippen LogP contribution in [0, 0.1) is 11.6 Å². The first-order valence-electron chi connectivity index (χ1n) is 12.5. The molecule has 1 aromatic carbocycles. The Morgan fingerprint density at radius 3 is 2.56 bits per heavy atom. The predicted octanol–water partition coefficient (Wildman–Crippen LogP) is 4.61. The molecule has 0 saturated carbocycles. The Morgan fingerprint density at radius 2 is 1.87 bits per heavy atom. The van der Waals surface area contributed by atoms with E-state index >= 15 is 4.39 Å². The van der Waals surface area contributed by atoms with Gasteiger partial charge in [-0.05, 0) is 31.0 Å². The van der Waals surface area contributed by atoms with E-state index in [4.69, 9.17) is 0 Å². The molecule has 9 nitrogen and oxygen atoms in total. The van der Waals surface area contributed by atoms with Crippen LogP contribution in [0.3, 0.4) is 0 Å². The summed E-state index contributed by atoms with van der Waals surface area (Å²) in [7, 11) is -0.816. The minimum absolute atomic E-state index is 0.0832. The fraction of sp³-hybridized carbons (Fsp3) is 0.296. The molecule has 5 heterocycles. The standard InChI is InChI=1S/C27H27F2N6O3P/c1-15(36)34-6-5-33(14-39(3,4)38)22-8-18-19-13-32(2)27(37)25-24(19)16(10-30-25)12-35(21(18)9-23(22)34)26-20(29)7-17(28)11-31-26/h7-11,13,30H,5-6,12,14H2,1-4H3. The summed E-state index contributed by atoms with van der Waals surface area (Å²) in [6, 6.07) is 4.50. The highest BCUT2D eigenvalue weighted by Gasteiger charge is 2.33. The van der Waals surface area contributed by atoms with E-state index in [0.29, 0.717) is 52.9 Å². The van der Waals surface area contributed by atoms with Crippen molar-refractivity contribution in [1.82, 2.24) is 14.5 Å². The van der Waals surface area contributed by atoms with Crippen LogP contribution in [0.4, 0.5) is 31.7 Å². The Balaban J connectivity index is 1.70. The van der Waals surface area contributed by atoms with Gasteiger partial charge in [-0.2, -0.15) is 0 Å². The molecule has 0 fully saturated rings. The van der Waals surface area contributed by atoms with Gasteiger partial charge < -0.3 is 28.8 Å². The lowest BCUT2D eigenvalue weighted by molar-refractivity contribution is -0.116. The molecule has 12 heteroatoms. The number of hydrogen-bond donors (Lipinski definition) is 1. The molecular weight excluding hydrogens is 525 g/mol. The van der Waals surface area contributed by atoms with Gasteiger partial charge in [0.1, 0.15) is 18.5 Å². The molecule has 0 aliphatic carbocycles. The summed E-state index contributed by atoms with van der Waals surface area (Å²) in [5.41, 5.74) is 4.22. The molecule has 2 aliphatic rings. The van der Waals surface area contributed by atoms with Crippen molar-refractivity contribution in [2.24, 2.45) is 7.05 Å². The van der Waals surface area contributed by atoms with Crippen LogP contribution in [-0.4, -0.2) is 53.1 Å². The zero-order valence-corrected chi connectivity index (χ0v) is 22.9. The summed E-state index contributed by atoms with van der Waals surface area (Å²) in [5.74, 6) is -1.88. The van der Waals surface area contributed by atoms with E-state index < -0.39 is 18.8 Å². The number of aromatic nitrogens is 3. The van der Waals surface area contributed by atoms with E-state index in [9.17, 15) is 18.5 Å². The van der Waals surface area contributed by atoms with Gasteiger partial charge in [-0.25, -0.2) is 13.8 Å². The minimum Gasteiger partial charge on any atom is -0.361 e. The van der Waals surface area contributed by atoms with Gasteiger partial charge in [0, 0.05) is 62.0 Å². The maximum absolute atomic E-state index is 15.2. The molecule has 202 valence electrons. The number of anilines is 4. The molecule has 6 rings (SSSR count). The number of fused-ring (bicyclic) bond motifs is 3. The summed E-state index contributed by atoms with van der Waals surface area (Å²) in [4.78, 5) is 38.1. The van der Waals surface area contributed by atoms with Gasteiger partial charge in [0.05, 0.1) is 36.1 Å². The predicted molar refractivity (Wildman–Crippen MR) is 149 cm³/mol. The third-order valence-corrected chi connectivity index (χ3v) is 8.27. The van der Waals surface area contributed by atoms with Crippen molar-refractivity contribution >= 4 is 46.8 Å². The maximum atomic E-state index is 15.2. The summed E-state index contributed by atoms with van der Waals surface area (Å²) in [6.07, 6.45) is 4.74. The average molecular weight is 553 g/mol. The third-order valence-electron chi connectivity index (χ3n) is 7.25. The number of benzene rings is 1. The summed E-state index contributed by atoms with van der Waals surface area (Å²) in [5, 5.41) is 0.701. The van der Waals surface area contributed by atoms with Crippen LogP contribution in [0.15, 0.2) is 41.6 Å². The number of halogens is 2. The molecule has 39 heavy (non-hydrogen) atoms. The van der Waals surface area contributed by atoms with E-state index in [1.165, 1.54) is 11.5 Å². The first kappa shape index (κ1) is 25.3. The largest absolute Gasteiger partial charge is 0.361 e. The number of H-pyrrole nitrogens is 1. The molecule has 0 unspecified atom stereocenters. The van der Waals surface area contributed by atoms with Gasteiger partial charge in [0.15, 0.2) is 11.6 Å². The number of carbonyl (C=O) groups is 1. The fourth-order valence-electron chi connectivity index (χ4n) is 5.63.